The number of fused-ring (bicyclic) bond motifs is 1. The number of alkyl halides is 1. The van der Waals surface area contributed by atoms with Crippen LogP contribution in [0.2, 0.25) is 0 Å². The maximum atomic E-state index is 6.50. The van der Waals surface area contributed by atoms with Gasteiger partial charge in [0.1, 0.15) is 5.52 Å². The molecule has 0 aliphatic rings. The first-order chi connectivity index (χ1) is 9.63. The summed E-state index contributed by atoms with van der Waals surface area (Å²) < 4.78 is 6.73. The highest BCUT2D eigenvalue weighted by Crippen LogP contribution is 2.32. The molecule has 0 radical (unpaired) electrons. The zero-order chi connectivity index (χ0) is 14.1. The molecule has 0 aliphatic carbocycles. The molecule has 0 bridgehead atoms. The largest absolute Gasteiger partial charge is 0.441 e. The van der Waals surface area contributed by atoms with Gasteiger partial charge in [0, 0.05) is 10.9 Å². The summed E-state index contributed by atoms with van der Waals surface area (Å²) in [6.45, 7) is 2.05. The first-order valence-electron chi connectivity index (χ1n) is 6.38. The van der Waals surface area contributed by atoms with Crippen LogP contribution in [-0.4, -0.2) is 4.98 Å². The van der Waals surface area contributed by atoms with E-state index in [-0.39, 0.29) is 5.38 Å². The van der Waals surface area contributed by atoms with Gasteiger partial charge in [0.2, 0.25) is 0 Å². The SMILES string of the molecule is Cc1ccc(C(Cl)Cc2nc3ccccc3o2)c(Br)c1. The van der Waals surface area contributed by atoms with Crippen molar-refractivity contribution >= 4 is 38.6 Å². The van der Waals surface area contributed by atoms with Crippen LogP contribution in [0.4, 0.5) is 0 Å². The summed E-state index contributed by atoms with van der Waals surface area (Å²) in [4.78, 5) is 4.46. The molecule has 0 aliphatic heterocycles. The van der Waals surface area contributed by atoms with Gasteiger partial charge < -0.3 is 4.42 Å². The average Bonchev–Trinajstić information content (AvgIpc) is 2.80. The van der Waals surface area contributed by atoms with Crippen LogP contribution in [0.5, 0.6) is 0 Å². The summed E-state index contributed by atoms with van der Waals surface area (Å²) in [5.41, 5.74) is 3.93. The van der Waals surface area contributed by atoms with Gasteiger partial charge in [0.05, 0.1) is 5.38 Å². The number of hydrogen-bond acceptors (Lipinski definition) is 2. The lowest BCUT2D eigenvalue weighted by Crippen LogP contribution is -1.97. The van der Waals surface area contributed by atoms with Crippen molar-refractivity contribution in [2.24, 2.45) is 0 Å². The molecule has 2 nitrogen and oxygen atoms in total. The van der Waals surface area contributed by atoms with E-state index in [1.165, 1.54) is 5.56 Å². The van der Waals surface area contributed by atoms with Crippen LogP contribution in [0.25, 0.3) is 11.1 Å². The smallest absolute Gasteiger partial charge is 0.197 e. The second-order valence-electron chi connectivity index (χ2n) is 4.77. The fourth-order valence-electron chi connectivity index (χ4n) is 2.16. The second-order valence-corrected chi connectivity index (χ2v) is 6.15. The summed E-state index contributed by atoms with van der Waals surface area (Å²) in [5, 5.41) is -0.168. The average molecular weight is 351 g/mol. The standard InChI is InChI=1S/C16H13BrClNO/c1-10-6-7-11(12(17)8-10)13(18)9-16-19-14-4-2-3-5-15(14)20-16/h2-8,13H,9H2,1H3. The maximum absolute atomic E-state index is 6.50. The van der Waals surface area contributed by atoms with Crippen molar-refractivity contribution in [2.75, 3.05) is 0 Å². The van der Waals surface area contributed by atoms with E-state index in [9.17, 15) is 0 Å². The number of rotatable bonds is 3. The van der Waals surface area contributed by atoms with Crippen LogP contribution in [-0.2, 0) is 6.42 Å². The zero-order valence-corrected chi connectivity index (χ0v) is 13.3. The minimum Gasteiger partial charge on any atom is -0.441 e. The van der Waals surface area contributed by atoms with E-state index >= 15 is 0 Å². The Kier molecular flexibility index (Phi) is 3.81. The van der Waals surface area contributed by atoms with Gasteiger partial charge in [-0.15, -0.1) is 11.6 Å². The van der Waals surface area contributed by atoms with Gasteiger partial charge >= 0.3 is 0 Å². The lowest BCUT2D eigenvalue weighted by molar-refractivity contribution is 0.525. The Balaban J connectivity index is 1.86. The van der Waals surface area contributed by atoms with Gasteiger partial charge in [0.15, 0.2) is 11.5 Å². The molecule has 1 aromatic heterocycles. The molecular weight excluding hydrogens is 338 g/mol. The van der Waals surface area contributed by atoms with Crippen molar-refractivity contribution in [1.82, 2.24) is 4.98 Å². The van der Waals surface area contributed by atoms with E-state index in [2.05, 4.69) is 40.0 Å². The number of aromatic nitrogens is 1. The first-order valence-corrected chi connectivity index (χ1v) is 7.61. The molecule has 3 aromatic rings. The van der Waals surface area contributed by atoms with Crippen molar-refractivity contribution in [3.8, 4) is 0 Å². The molecule has 0 N–H and O–H groups in total. The van der Waals surface area contributed by atoms with E-state index in [1.54, 1.807) is 0 Å². The number of hydrogen-bond donors (Lipinski definition) is 0. The molecule has 20 heavy (non-hydrogen) atoms. The topological polar surface area (TPSA) is 26.0 Å². The van der Waals surface area contributed by atoms with E-state index in [0.717, 1.165) is 21.1 Å². The van der Waals surface area contributed by atoms with Crippen molar-refractivity contribution < 1.29 is 4.42 Å². The molecule has 102 valence electrons. The quantitative estimate of drug-likeness (QED) is 0.589. The van der Waals surface area contributed by atoms with Crippen LogP contribution in [0, 0.1) is 6.92 Å². The molecule has 0 amide bonds. The third-order valence-corrected chi connectivity index (χ3v) is 4.26. The van der Waals surface area contributed by atoms with Crippen LogP contribution in [0.1, 0.15) is 22.4 Å². The Morgan fingerprint density at radius 1 is 1.25 bits per heavy atom. The summed E-state index contributed by atoms with van der Waals surface area (Å²) >= 11 is 10.1. The van der Waals surface area contributed by atoms with Gasteiger partial charge in [-0.1, -0.05) is 40.2 Å². The molecule has 1 atom stereocenters. The van der Waals surface area contributed by atoms with E-state index in [1.807, 2.05) is 30.3 Å². The molecule has 4 heteroatoms. The number of aryl methyl sites for hydroxylation is 1. The van der Waals surface area contributed by atoms with Crippen LogP contribution in [0.3, 0.4) is 0 Å². The van der Waals surface area contributed by atoms with Crippen LogP contribution < -0.4 is 0 Å². The first kappa shape index (κ1) is 13.7. The maximum Gasteiger partial charge on any atom is 0.197 e. The summed E-state index contributed by atoms with van der Waals surface area (Å²) in [6.07, 6.45) is 0.567. The highest BCUT2D eigenvalue weighted by molar-refractivity contribution is 9.10. The van der Waals surface area contributed by atoms with Crippen LogP contribution in [0.15, 0.2) is 51.4 Å². The molecule has 0 saturated carbocycles. The second kappa shape index (κ2) is 5.58. The molecule has 3 rings (SSSR count). The van der Waals surface area contributed by atoms with Gasteiger partial charge in [-0.2, -0.15) is 0 Å². The van der Waals surface area contributed by atoms with Gasteiger partial charge in [-0.3, -0.25) is 0 Å². The highest BCUT2D eigenvalue weighted by atomic mass is 79.9. The molecule has 1 unspecified atom stereocenters. The lowest BCUT2D eigenvalue weighted by Gasteiger charge is -2.10. The third-order valence-electron chi connectivity index (χ3n) is 3.19. The van der Waals surface area contributed by atoms with Crippen molar-refractivity contribution in [3.05, 3.63) is 64.0 Å². The number of benzene rings is 2. The molecule has 0 spiro atoms. The van der Waals surface area contributed by atoms with Gasteiger partial charge in [-0.25, -0.2) is 4.98 Å². The third kappa shape index (κ3) is 2.74. The molecule has 1 heterocycles. The highest BCUT2D eigenvalue weighted by Gasteiger charge is 2.16. The van der Waals surface area contributed by atoms with Gasteiger partial charge in [-0.05, 0) is 36.2 Å². The minimum atomic E-state index is -0.168. The molecule has 0 saturated heterocycles. The number of oxazole rings is 1. The summed E-state index contributed by atoms with van der Waals surface area (Å²) in [6, 6.07) is 13.9. The Morgan fingerprint density at radius 2 is 2.05 bits per heavy atom. The Hall–Kier alpha value is -1.32. The minimum absolute atomic E-state index is 0.168. The Bertz CT molecular complexity index is 720. The Morgan fingerprint density at radius 3 is 2.80 bits per heavy atom. The number of para-hydroxylation sites is 2. The van der Waals surface area contributed by atoms with E-state index < -0.39 is 0 Å². The van der Waals surface area contributed by atoms with Crippen molar-refractivity contribution in [2.45, 2.75) is 18.7 Å². The predicted molar refractivity (Wildman–Crippen MR) is 85.2 cm³/mol. The van der Waals surface area contributed by atoms with E-state index in [4.69, 9.17) is 16.0 Å². The molecule has 2 aromatic carbocycles. The molecular formula is C16H13BrClNO. The van der Waals surface area contributed by atoms with E-state index in [0.29, 0.717) is 12.3 Å². The van der Waals surface area contributed by atoms with Crippen molar-refractivity contribution in [1.29, 1.82) is 0 Å². The normalized spacial score (nSPS) is 12.8. The Labute approximate surface area is 130 Å². The summed E-state index contributed by atoms with van der Waals surface area (Å²) in [7, 11) is 0. The van der Waals surface area contributed by atoms with Crippen LogP contribution >= 0.6 is 27.5 Å². The zero-order valence-electron chi connectivity index (χ0n) is 10.9. The fraction of sp³-hybridized carbons (Fsp3) is 0.188. The number of nitrogens with zero attached hydrogens (tertiary/aromatic N) is 1. The lowest BCUT2D eigenvalue weighted by atomic mass is 10.1. The predicted octanol–water partition coefficient (Wildman–Crippen LogP) is 5.42. The molecule has 0 fully saturated rings. The number of halogens is 2. The van der Waals surface area contributed by atoms with Gasteiger partial charge in [0.25, 0.3) is 0 Å². The summed E-state index contributed by atoms with van der Waals surface area (Å²) in [5.74, 6) is 0.665. The van der Waals surface area contributed by atoms with Crippen molar-refractivity contribution in [3.63, 3.8) is 0 Å². The fourth-order valence-corrected chi connectivity index (χ4v) is 3.38. The monoisotopic (exact) mass is 349 g/mol.